The number of aliphatic hydroxyl groups excluding tert-OH is 1. The highest BCUT2D eigenvalue weighted by atomic mass is 79.9. The van der Waals surface area contributed by atoms with E-state index in [1.165, 1.54) is 17.3 Å². The van der Waals surface area contributed by atoms with E-state index in [1.807, 2.05) is 42.5 Å². The number of halogens is 3. The Labute approximate surface area is 320 Å². The molecular formula is C40H35BrCl2N4O5. The second kappa shape index (κ2) is 16.9. The number of aliphatic hydroxyl groups is 1. The van der Waals surface area contributed by atoms with Crippen molar-refractivity contribution < 1.29 is 24.5 Å². The van der Waals surface area contributed by atoms with Gasteiger partial charge in [-0.1, -0.05) is 77.8 Å². The van der Waals surface area contributed by atoms with Crippen molar-refractivity contribution in [2.24, 2.45) is 5.73 Å². The molecule has 2 atom stereocenters. The van der Waals surface area contributed by atoms with Crippen molar-refractivity contribution in [3.8, 4) is 40.1 Å². The Morgan fingerprint density at radius 1 is 0.942 bits per heavy atom. The minimum atomic E-state index is -1.06. The van der Waals surface area contributed by atoms with Crippen LogP contribution in [0.2, 0.25) is 10.0 Å². The molecule has 0 saturated carbocycles. The number of aryl methyl sites for hydroxylation is 1. The molecule has 12 heteroatoms. The van der Waals surface area contributed by atoms with Gasteiger partial charge in [0, 0.05) is 51.8 Å². The summed E-state index contributed by atoms with van der Waals surface area (Å²) in [6.07, 6.45) is 4.77. The predicted octanol–water partition coefficient (Wildman–Crippen LogP) is 8.49. The topological polar surface area (TPSA) is 152 Å². The Morgan fingerprint density at radius 2 is 1.67 bits per heavy atom. The lowest BCUT2D eigenvalue weighted by Crippen LogP contribution is -2.18. The molecule has 5 aromatic rings. The van der Waals surface area contributed by atoms with Crippen LogP contribution in [0.5, 0.6) is 11.8 Å². The quantitative estimate of drug-likeness (QED) is 0.100. The van der Waals surface area contributed by atoms with Crippen LogP contribution in [0.1, 0.15) is 52.6 Å². The van der Waals surface area contributed by atoms with E-state index in [1.54, 1.807) is 12.3 Å². The Bertz CT molecular complexity index is 2160. The fourth-order valence-corrected chi connectivity index (χ4v) is 7.44. The first-order chi connectivity index (χ1) is 25.1. The van der Waals surface area contributed by atoms with E-state index in [2.05, 4.69) is 50.2 Å². The minimum absolute atomic E-state index is 0.0922. The molecule has 1 aliphatic carbocycles. The molecule has 52 heavy (non-hydrogen) atoms. The summed E-state index contributed by atoms with van der Waals surface area (Å²) >= 11 is 17.7. The highest BCUT2D eigenvalue weighted by Gasteiger charge is 2.21. The van der Waals surface area contributed by atoms with Gasteiger partial charge in [-0.3, -0.25) is 9.78 Å². The zero-order valence-corrected chi connectivity index (χ0v) is 31.1. The lowest BCUT2D eigenvalue weighted by atomic mass is 9.96. The van der Waals surface area contributed by atoms with E-state index >= 15 is 0 Å². The maximum absolute atomic E-state index is 11.0. The summed E-state index contributed by atoms with van der Waals surface area (Å²) in [6.45, 7) is 0.187. The second-order valence-electron chi connectivity index (χ2n) is 12.8. The Hall–Kier alpha value is -4.50. The lowest BCUT2D eigenvalue weighted by molar-refractivity contribution is -0.139. The number of fused-ring (bicyclic) bond motifs is 1. The molecule has 4 N–H and O–H groups in total. The first-order valence-corrected chi connectivity index (χ1v) is 18.3. The fraction of sp³-hybridized carbons (Fsp3) is 0.250. The van der Waals surface area contributed by atoms with Crippen molar-refractivity contribution in [1.82, 2.24) is 9.97 Å². The van der Waals surface area contributed by atoms with Crippen LogP contribution in [0.15, 0.2) is 83.6 Å². The monoisotopic (exact) mass is 800 g/mol. The highest BCUT2D eigenvalue weighted by Crippen LogP contribution is 2.41. The number of ether oxygens (including phenoxy) is 2. The van der Waals surface area contributed by atoms with Gasteiger partial charge < -0.3 is 25.4 Å². The number of pyridine rings is 2. The van der Waals surface area contributed by atoms with E-state index in [0.29, 0.717) is 50.8 Å². The number of carbonyl (C=O) groups is 1. The molecule has 0 aliphatic heterocycles. The van der Waals surface area contributed by atoms with Crippen molar-refractivity contribution in [2.45, 2.75) is 63.9 Å². The van der Waals surface area contributed by atoms with Gasteiger partial charge in [0.1, 0.15) is 19.3 Å². The van der Waals surface area contributed by atoms with Crippen LogP contribution in [0.3, 0.4) is 0 Å². The molecule has 9 nitrogen and oxygen atoms in total. The fourth-order valence-electron chi connectivity index (χ4n) is 6.34. The zero-order chi connectivity index (χ0) is 36.8. The van der Waals surface area contributed by atoms with Gasteiger partial charge in [0.05, 0.1) is 32.6 Å². The van der Waals surface area contributed by atoms with Crippen molar-refractivity contribution >= 4 is 45.1 Å². The number of hydrogen-bond acceptors (Lipinski definition) is 8. The number of rotatable bonds is 14. The molecule has 0 unspecified atom stereocenters. The average Bonchev–Trinajstić information content (AvgIpc) is 3.50. The Morgan fingerprint density at radius 3 is 2.46 bits per heavy atom. The van der Waals surface area contributed by atoms with Gasteiger partial charge in [0.15, 0.2) is 0 Å². The van der Waals surface area contributed by atoms with Crippen molar-refractivity contribution in [3.05, 3.63) is 127 Å². The van der Waals surface area contributed by atoms with Crippen LogP contribution in [-0.4, -0.2) is 38.3 Å². The maximum atomic E-state index is 11.0. The molecule has 1 aliphatic rings. The number of aromatic nitrogens is 2. The highest BCUT2D eigenvalue weighted by molar-refractivity contribution is 9.10. The van der Waals surface area contributed by atoms with E-state index in [9.17, 15) is 15.2 Å². The van der Waals surface area contributed by atoms with E-state index in [-0.39, 0.29) is 31.6 Å². The number of nitriles is 1. The molecule has 0 fully saturated rings. The van der Waals surface area contributed by atoms with Gasteiger partial charge in [-0.15, -0.1) is 0 Å². The predicted molar refractivity (Wildman–Crippen MR) is 203 cm³/mol. The molecule has 0 saturated heterocycles. The van der Waals surface area contributed by atoms with Crippen molar-refractivity contribution in [2.75, 3.05) is 0 Å². The van der Waals surface area contributed by atoms with E-state index in [0.717, 1.165) is 46.2 Å². The van der Waals surface area contributed by atoms with Crippen LogP contribution in [-0.2, 0) is 37.3 Å². The van der Waals surface area contributed by atoms with Gasteiger partial charge >= 0.3 is 5.97 Å². The zero-order valence-electron chi connectivity index (χ0n) is 28.0. The first kappa shape index (κ1) is 37.3. The summed E-state index contributed by atoms with van der Waals surface area (Å²) in [4.78, 5) is 19.8. The van der Waals surface area contributed by atoms with Crippen LogP contribution < -0.4 is 15.2 Å². The van der Waals surface area contributed by atoms with Crippen molar-refractivity contribution in [1.29, 1.82) is 5.26 Å². The summed E-state index contributed by atoms with van der Waals surface area (Å²) in [5.74, 6) is -0.490. The number of benzene rings is 3. The summed E-state index contributed by atoms with van der Waals surface area (Å²) < 4.78 is 12.9. The average molecular weight is 803 g/mol. The van der Waals surface area contributed by atoms with Gasteiger partial charge in [-0.05, 0) is 76.9 Å². The van der Waals surface area contributed by atoms with E-state index in [4.69, 9.17) is 43.5 Å². The molecule has 0 spiro atoms. The molecule has 266 valence electrons. The molecule has 2 heterocycles. The summed E-state index contributed by atoms with van der Waals surface area (Å²) in [6, 6.07) is 23.8. The number of aliphatic carboxylic acids is 1. The van der Waals surface area contributed by atoms with Crippen molar-refractivity contribution in [3.63, 3.8) is 0 Å². The SMILES string of the molecule is N#Cc1cncc(COc2nc(OCc3cccc(-c4cccc(-c5ccc6c(c5)C[C@@H](N)C6)c4Cl)c3Cl)c(Br)cc2CCC[C@@H](O)CC(=O)O)c1. The molecular weight excluding hydrogens is 767 g/mol. The lowest BCUT2D eigenvalue weighted by Gasteiger charge is -2.17. The summed E-state index contributed by atoms with van der Waals surface area (Å²) in [5.41, 5.74) is 14.8. The Kier molecular flexibility index (Phi) is 12.1. The molecule has 0 amide bonds. The summed E-state index contributed by atoms with van der Waals surface area (Å²) in [7, 11) is 0. The molecule has 6 rings (SSSR count). The first-order valence-electron chi connectivity index (χ1n) is 16.7. The number of nitrogens with zero attached hydrogens (tertiary/aromatic N) is 3. The third-order valence-electron chi connectivity index (χ3n) is 8.89. The number of nitrogens with two attached hydrogens (primary N) is 1. The van der Waals surface area contributed by atoms with E-state index < -0.39 is 12.1 Å². The number of carboxylic acids is 1. The summed E-state index contributed by atoms with van der Waals surface area (Å²) in [5, 5.41) is 29.4. The number of carboxylic acid groups (broad SMARTS) is 1. The van der Waals surface area contributed by atoms with Crippen LogP contribution in [0.4, 0.5) is 0 Å². The van der Waals surface area contributed by atoms with Crippen LogP contribution in [0, 0.1) is 11.3 Å². The third kappa shape index (κ3) is 8.92. The smallest absolute Gasteiger partial charge is 0.305 e. The Balaban J connectivity index is 1.22. The molecule has 2 aromatic heterocycles. The molecule has 3 aromatic carbocycles. The second-order valence-corrected chi connectivity index (χ2v) is 14.4. The standard InChI is InChI=1S/C40H35BrCl2N4O5/c41-35-16-27(4-1-6-31(48)17-36(49)50)39(51-21-24-12-23(18-44)19-46-20-24)47-40(35)52-22-28-5-2-8-33(37(28)42)34-9-3-7-32(38(34)43)26-11-10-25-14-30(45)15-29(25)13-26/h2-3,5,7-13,16,19-20,30-31,48H,1,4,6,14-15,17,21-22,45H2,(H,49,50)/t30-,31+/m0/s1. The number of hydrogen-bond donors (Lipinski definition) is 3. The van der Waals surface area contributed by atoms with Crippen LogP contribution in [0.25, 0.3) is 22.3 Å². The van der Waals surface area contributed by atoms with Gasteiger partial charge in [-0.2, -0.15) is 10.2 Å². The minimum Gasteiger partial charge on any atom is -0.481 e. The van der Waals surface area contributed by atoms with Gasteiger partial charge in [-0.25, -0.2) is 0 Å². The van der Waals surface area contributed by atoms with Gasteiger partial charge in [0.2, 0.25) is 11.8 Å². The normalized spacial score (nSPS) is 14.0. The van der Waals surface area contributed by atoms with Gasteiger partial charge in [0.25, 0.3) is 0 Å². The maximum Gasteiger partial charge on any atom is 0.305 e. The molecule has 0 bridgehead atoms. The molecule has 0 radical (unpaired) electrons. The third-order valence-corrected chi connectivity index (χ3v) is 10.3. The van der Waals surface area contributed by atoms with Crippen LogP contribution >= 0.6 is 39.1 Å². The largest absolute Gasteiger partial charge is 0.481 e.